The molecule has 17 heavy (non-hydrogen) atoms. The van der Waals surface area contributed by atoms with Gasteiger partial charge < -0.3 is 5.32 Å². The Morgan fingerprint density at radius 2 is 2.06 bits per heavy atom. The Hall–Kier alpha value is -0.860. The second-order valence-electron chi connectivity index (χ2n) is 5.16. The highest BCUT2D eigenvalue weighted by Crippen LogP contribution is 2.14. The first-order valence-electron chi connectivity index (χ1n) is 6.81. The Morgan fingerprint density at radius 1 is 1.29 bits per heavy atom. The molecule has 0 amide bonds. The topological polar surface area (TPSA) is 15.3 Å². The molecule has 0 aromatic heterocycles. The molecule has 1 aliphatic rings. The minimum Gasteiger partial charge on any atom is -0.311 e. The third-order valence-corrected chi connectivity index (χ3v) is 3.65. The van der Waals surface area contributed by atoms with E-state index in [1.54, 1.807) is 0 Å². The third kappa shape index (κ3) is 3.55. The van der Waals surface area contributed by atoms with Gasteiger partial charge in [0.15, 0.2) is 0 Å². The summed E-state index contributed by atoms with van der Waals surface area (Å²) in [7, 11) is 0. The highest BCUT2D eigenvalue weighted by Gasteiger charge is 2.23. The molecular weight excluding hydrogens is 208 g/mol. The minimum atomic E-state index is 0.642. The van der Waals surface area contributed by atoms with Crippen molar-refractivity contribution in [3.63, 3.8) is 0 Å². The van der Waals surface area contributed by atoms with Crippen LogP contribution in [0.1, 0.15) is 32.3 Å². The lowest BCUT2D eigenvalue weighted by molar-refractivity contribution is 0.129. The molecule has 0 spiro atoms. The van der Waals surface area contributed by atoms with Crippen molar-refractivity contribution in [2.75, 3.05) is 13.1 Å². The molecule has 2 atom stereocenters. The first-order valence-corrected chi connectivity index (χ1v) is 6.81. The maximum atomic E-state index is 3.64. The lowest BCUT2D eigenvalue weighted by Crippen LogP contribution is -2.54. The molecule has 1 aromatic rings. The van der Waals surface area contributed by atoms with Gasteiger partial charge in [0.25, 0.3) is 0 Å². The van der Waals surface area contributed by atoms with Gasteiger partial charge in [-0.25, -0.2) is 0 Å². The van der Waals surface area contributed by atoms with Crippen molar-refractivity contribution >= 4 is 0 Å². The van der Waals surface area contributed by atoms with Crippen LogP contribution in [0.3, 0.4) is 0 Å². The lowest BCUT2D eigenvalue weighted by atomic mass is 10.0. The van der Waals surface area contributed by atoms with Crippen LogP contribution < -0.4 is 5.32 Å². The predicted molar refractivity (Wildman–Crippen MR) is 73.0 cm³/mol. The van der Waals surface area contributed by atoms with Crippen LogP contribution in [0.15, 0.2) is 30.3 Å². The first-order chi connectivity index (χ1) is 8.29. The number of rotatable bonds is 4. The summed E-state index contributed by atoms with van der Waals surface area (Å²) >= 11 is 0. The van der Waals surface area contributed by atoms with Gasteiger partial charge in [-0.15, -0.1) is 0 Å². The van der Waals surface area contributed by atoms with Crippen molar-refractivity contribution in [1.82, 2.24) is 10.2 Å². The number of hydrogen-bond donors (Lipinski definition) is 1. The highest BCUT2D eigenvalue weighted by atomic mass is 15.2. The van der Waals surface area contributed by atoms with Crippen molar-refractivity contribution in [3.05, 3.63) is 35.9 Å². The summed E-state index contributed by atoms with van der Waals surface area (Å²) in [6.45, 7) is 7.98. The Bertz CT molecular complexity index is 323. The summed E-state index contributed by atoms with van der Waals surface area (Å²) in [6.07, 6.45) is 2.56. The molecule has 2 nitrogen and oxygen atoms in total. The van der Waals surface area contributed by atoms with Crippen LogP contribution in [0.5, 0.6) is 0 Å². The van der Waals surface area contributed by atoms with Gasteiger partial charge in [-0.1, -0.05) is 43.7 Å². The van der Waals surface area contributed by atoms with Crippen molar-refractivity contribution in [2.45, 2.75) is 45.3 Å². The van der Waals surface area contributed by atoms with Gasteiger partial charge in [0.05, 0.1) is 0 Å². The lowest BCUT2D eigenvalue weighted by Gasteiger charge is -2.39. The molecule has 2 unspecified atom stereocenters. The number of piperazine rings is 1. The fourth-order valence-electron chi connectivity index (χ4n) is 2.57. The first kappa shape index (κ1) is 12.6. The Kier molecular flexibility index (Phi) is 4.57. The zero-order chi connectivity index (χ0) is 12.1. The van der Waals surface area contributed by atoms with Crippen LogP contribution in [0, 0.1) is 0 Å². The molecule has 0 radical (unpaired) electrons. The quantitative estimate of drug-likeness (QED) is 0.858. The molecule has 1 heterocycles. The Morgan fingerprint density at radius 3 is 2.76 bits per heavy atom. The van der Waals surface area contributed by atoms with Crippen LogP contribution in [-0.2, 0) is 6.54 Å². The second-order valence-corrected chi connectivity index (χ2v) is 5.16. The van der Waals surface area contributed by atoms with Crippen molar-refractivity contribution in [1.29, 1.82) is 0 Å². The molecule has 0 bridgehead atoms. The van der Waals surface area contributed by atoms with E-state index in [0.29, 0.717) is 12.1 Å². The molecule has 0 aliphatic carbocycles. The predicted octanol–water partition coefficient (Wildman–Crippen LogP) is 2.65. The van der Waals surface area contributed by atoms with Crippen LogP contribution in [0.25, 0.3) is 0 Å². The number of nitrogens with one attached hydrogen (secondary N) is 1. The van der Waals surface area contributed by atoms with Crippen LogP contribution in [0.4, 0.5) is 0 Å². The van der Waals surface area contributed by atoms with Crippen LogP contribution in [0.2, 0.25) is 0 Å². The van der Waals surface area contributed by atoms with E-state index in [1.165, 1.54) is 24.9 Å². The van der Waals surface area contributed by atoms with Gasteiger partial charge in [0.1, 0.15) is 0 Å². The largest absolute Gasteiger partial charge is 0.311 e. The van der Waals surface area contributed by atoms with E-state index in [-0.39, 0.29) is 0 Å². The zero-order valence-corrected chi connectivity index (χ0v) is 11.0. The summed E-state index contributed by atoms with van der Waals surface area (Å²) < 4.78 is 0. The van der Waals surface area contributed by atoms with Gasteiger partial charge >= 0.3 is 0 Å². The SMILES string of the molecule is CCCC1CN(Cc2ccccc2)C(C)CN1. The van der Waals surface area contributed by atoms with Crippen molar-refractivity contribution in [2.24, 2.45) is 0 Å². The van der Waals surface area contributed by atoms with E-state index < -0.39 is 0 Å². The van der Waals surface area contributed by atoms with Crippen LogP contribution >= 0.6 is 0 Å². The van der Waals surface area contributed by atoms with E-state index in [0.717, 1.165) is 13.1 Å². The van der Waals surface area contributed by atoms with Crippen molar-refractivity contribution < 1.29 is 0 Å². The summed E-state index contributed by atoms with van der Waals surface area (Å²) in [4.78, 5) is 2.60. The van der Waals surface area contributed by atoms with Gasteiger partial charge in [0.2, 0.25) is 0 Å². The fourth-order valence-corrected chi connectivity index (χ4v) is 2.57. The maximum Gasteiger partial charge on any atom is 0.0237 e. The van der Waals surface area contributed by atoms with E-state index in [1.807, 2.05) is 0 Å². The smallest absolute Gasteiger partial charge is 0.0237 e. The summed E-state index contributed by atoms with van der Waals surface area (Å²) in [5.74, 6) is 0. The average Bonchev–Trinajstić information content (AvgIpc) is 2.35. The van der Waals surface area contributed by atoms with Gasteiger partial charge in [0, 0.05) is 31.7 Å². The number of benzene rings is 1. The second kappa shape index (κ2) is 6.18. The summed E-state index contributed by atoms with van der Waals surface area (Å²) in [5.41, 5.74) is 1.43. The fraction of sp³-hybridized carbons (Fsp3) is 0.600. The molecule has 1 fully saturated rings. The van der Waals surface area contributed by atoms with E-state index in [4.69, 9.17) is 0 Å². The number of nitrogens with zero attached hydrogens (tertiary/aromatic N) is 1. The van der Waals surface area contributed by atoms with Crippen molar-refractivity contribution in [3.8, 4) is 0 Å². The zero-order valence-electron chi connectivity index (χ0n) is 11.0. The Labute approximate surface area is 105 Å². The van der Waals surface area contributed by atoms with E-state index >= 15 is 0 Å². The van der Waals surface area contributed by atoms with Gasteiger partial charge in [-0.2, -0.15) is 0 Å². The summed E-state index contributed by atoms with van der Waals surface area (Å²) in [6, 6.07) is 12.1. The maximum absolute atomic E-state index is 3.64. The standard InChI is InChI=1S/C15H24N2/c1-3-7-15-12-17(13(2)10-16-15)11-14-8-5-4-6-9-14/h4-6,8-9,13,15-16H,3,7,10-12H2,1-2H3. The molecule has 1 aliphatic heterocycles. The molecule has 0 saturated carbocycles. The third-order valence-electron chi connectivity index (χ3n) is 3.65. The average molecular weight is 232 g/mol. The molecular formula is C15H24N2. The normalized spacial score (nSPS) is 26.0. The monoisotopic (exact) mass is 232 g/mol. The van der Waals surface area contributed by atoms with E-state index in [2.05, 4.69) is 54.4 Å². The molecule has 1 N–H and O–H groups in total. The number of hydrogen-bond acceptors (Lipinski definition) is 2. The highest BCUT2D eigenvalue weighted by molar-refractivity contribution is 5.14. The molecule has 2 heteroatoms. The van der Waals surface area contributed by atoms with E-state index in [9.17, 15) is 0 Å². The molecule has 1 aromatic carbocycles. The van der Waals surface area contributed by atoms with Gasteiger partial charge in [-0.3, -0.25) is 4.90 Å². The van der Waals surface area contributed by atoms with Crippen LogP contribution in [-0.4, -0.2) is 30.1 Å². The van der Waals surface area contributed by atoms with Gasteiger partial charge in [-0.05, 0) is 18.9 Å². The molecule has 94 valence electrons. The Balaban J connectivity index is 1.94. The minimum absolute atomic E-state index is 0.642. The summed E-state index contributed by atoms with van der Waals surface area (Å²) in [5, 5.41) is 3.64. The molecule has 1 saturated heterocycles. The molecule has 2 rings (SSSR count).